The number of rotatable bonds is 4. The van der Waals surface area contributed by atoms with Crippen molar-refractivity contribution in [2.45, 2.75) is 25.4 Å². The zero-order valence-corrected chi connectivity index (χ0v) is 9.80. The molecule has 0 saturated heterocycles. The van der Waals surface area contributed by atoms with Gasteiger partial charge in [0, 0.05) is 24.6 Å². The van der Waals surface area contributed by atoms with E-state index in [1.807, 2.05) is 0 Å². The number of nitro groups is 1. The maximum atomic E-state index is 13.1. The van der Waals surface area contributed by atoms with E-state index in [1.54, 1.807) is 0 Å². The average Bonchev–Trinajstić information content (AvgIpc) is 2.72. The molecule has 1 fully saturated rings. The molecule has 2 atom stereocenters. The zero-order valence-electron chi connectivity index (χ0n) is 9.80. The van der Waals surface area contributed by atoms with Gasteiger partial charge in [-0.3, -0.25) is 10.1 Å². The van der Waals surface area contributed by atoms with Crippen LogP contribution in [0, 0.1) is 21.8 Å². The third-order valence-electron chi connectivity index (χ3n) is 3.33. The minimum absolute atomic E-state index is 0.0767. The van der Waals surface area contributed by atoms with E-state index in [0.29, 0.717) is 6.54 Å². The minimum Gasteiger partial charge on any atom is -0.393 e. The van der Waals surface area contributed by atoms with Crippen LogP contribution in [0.15, 0.2) is 18.2 Å². The summed E-state index contributed by atoms with van der Waals surface area (Å²) in [5.74, 6) is -0.442. The topological polar surface area (TPSA) is 75.4 Å². The van der Waals surface area contributed by atoms with Gasteiger partial charge in [-0.2, -0.15) is 0 Å². The molecule has 0 amide bonds. The van der Waals surface area contributed by atoms with Crippen molar-refractivity contribution < 1.29 is 14.4 Å². The van der Waals surface area contributed by atoms with Crippen molar-refractivity contribution in [3.63, 3.8) is 0 Å². The first-order chi connectivity index (χ1) is 8.58. The maximum Gasteiger partial charge on any atom is 0.292 e. The summed E-state index contributed by atoms with van der Waals surface area (Å²) < 4.78 is 13.1. The van der Waals surface area contributed by atoms with E-state index in [9.17, 15) is 19.6 Å². The number of aliphatic hydroxyl groups excluding tert-OH is 1. The molecule has 0 radical (unpaired) electrons. The van der Waals surface area contributed by atoms with Gasteiger partial charge in [0.25, 0.3) is 5.69 Å². The number of aliphatic hydroxyl groups is 1. The summed E-state index contributed by atoms with van der Waals surface area (Å²) in [5.41, 5.74) is 0.0167. The fourth-order valence-electron chi connectivity index (χ4n) is 2.31. The number of nitrogens with zero attached hydrogens (tertiary/aromatic N) is 1. The minimum atomic E-state index is -0.549. The van der Waals surface area contributed by atoms with Gasteiger partial charge in [-0.05, 0) is 18.9 Å². The molecule has 2 unspecified atom stereocenters. The summed E-state index contributed by atoms with van der Waals surface area (Å²) in [5, 5.41) is 23.3. The van der Waals surface area contributed by atoms with Crippen LogP contribution in [0.25, 0.3) is 0 Å². The van der Waals surface area contributed by atoms with Gasteiger partial charge in [-0.1, -0.05) is 6.42 Å². The molecule has 0 heterocycles. The van der Waals surface area contributed by atoms with Crippen LogP contribution in [0.2, 0.25) is 0 Å². The largest absolute Gasteiger partial charge is 0.393 e. The molecule has 5 nitrogen and oxygen atoms in total. The number of nitro benzene ring substituents is 1. The summed E-state index contributed by atoms with van der Waals surface area (Å²) in [6, 6.07) is 3.32. The lowest BCUT2D eigenvalue weighted by atomic mass is 10.1. The monoisotopic (exact) mass is 254 g/mol. The number of nitrogens with one attached hydrogen (secondary N) is 1. The van der Waals surface area contributed by atoms with E-state index < -0.39 is 10.7 Å². The van der Waals surface area contributed by atoms with Crippen LogP contribution in [0.1, 0.15) is 19.3 Å². The van der Waals surface area contributed by atoms with Gasteiger partial charge in [-0.15, -0.1) is 0 Å². The molecule has 0 aromatic heterocycles. The summed E-state index contributed by atoms with van der Waals surface area (Å²) >= 11 is 0. The van der Waals surface area contributed by atoms with Crippen molar-refractivity contribution in [1.82, 2.24) is 0 Å². The molecule has 0 bridgehead atoms. The Balaban J connectivity index is 2.08. The molecule has 0 spiro atoms. The molecular weight excluding hydrogens is 239 g/mol. The van der Waals surface area contributed by atoms with Gasteiger partial charge in [-0.25, -0.2) is 4.39 Å². The highest BCUT2D eigenvalue weighted by atomic mass is 19.1. The average molecular weight is 254 g/mol. The van der Waals surface area contributed by atoms with Gasteiger partial charge in [0.05, 0.1) is 11.0 Å². The number of hydrogen-bond acceptors (Lipinski definition) is 4. The Labute approximate surface area is 104 Å². The lowest BCUT2D eigenvalue weighted by molar-refractivity contribution is -0.384. The Morgan fingerprint density at radius 1 is 1.50 bits per heavy atom. The van der Waals surface area contributed by atoms with Crippen molar-refractivity contribution in [1.29, 1.82) is 0 Å². The number of anilines is 1. The second-order valence-corrected chi connectivity index (χ2v) is 4.56. The quantitative estimate of drug-likeness (QED) is 0.638. The van der Waals surface area contributed by atoms with Gasteiger partial charge in [0.2, 0.25) is 0 Å². The lowest BCUT2D eigenvalue weighted by Gasteiger charge is -2.15. The molecule has 18 heavy (non-hydrogen) atoms. The highest BCUT2D eigenvalue weighted by Gasteiger charge is 2.25. The summed E-state index contributed by atoms with van der Waals surface area (Å²) in [6.07, 6.45) is 2.23. The van der Waals surface area contributed by atoms with Crippen LogP contribution >= 0.6 is 0 Å². The van der Waals surface area contributed by atoms with Gasteiger partial charge >= 0.3 is 0 Å². The van der Waals surface area contributed by atoms with E-state index in [4.69, 9.17) is 0 Å². The third-order valence-corrected chi connectivity index (χ3v) is 3.33. The van der Waals surface area contributed by atoms with Crippen LogP contribution in [-0.4, -0.2) is 22.7 Å². The van der Waals surface area contributed by atoms with Crippen molar-refractivity contribution in [2.75, 3.05) is 11.9 Å². The molecule has 2 rings (SSSR count). The molecule has 1 aromatic carbocycles. The van der Waals surface area contributed by atoms with Gasteiger partial charge in [0.15, 0.2) is 0 Å². The van der Waals surface area contributed by atoms with Crippen molar-refractivity contribution in [3.05, 3.63) is 34.1 Å². The second-order valence-electron chi connectivity index (χ2n) is 4.56. The fourth-order valence-corrected chi connectivity index (χ4v) is 2.31. The molecule has 98 valence electrons. The first-order valence-electron chi connectivity index (χ1n) is 5.94. The summed E-state index contributed by atoms with van der Waals surface area (Å²) in [4.78, 5) is 10.2. The normalized spacial score (nSPS) is 23.0. The number of hydrogen-bond donors (Lipinski definition) is 2. The molecule has 0 aliphatic heterocycles. The fraction of sp³-hybridized carbons (Fsp3) is 0.500. The first-order valence-corrected chi connectivity index (χ1v) is 5.94. The number of halogens is 1. The van der Waals surface area contributed by atoms with Crippen molar-refractivity contribution in [2.24, 2.45) is 5.92 Å². The zero-order chi connectivity index (χ0) is 13.1. The van der Waals surface area contributed by atoms with E-state index in [-0.39, 0.29) is 23.4 Å². The van der Waals surface area contributed by atoms with Crippen molar-refractivity contribution >= 4 is 11.4 Å². The Bertz CT molecular complexity index is 453. The van der Waals surface area contributed by atoms with Crippen LogP contribution < -0.4 is 5.32 Å². The highest BCUT2D eigenvalue weighted by molar-refractivity contribution is 5.61. The molecule has 1 saturated carbocycles. The van der Waals surface area contributed by atoms with Gasteiger partial charge in [0.1, 0.15) is 11.5 Å². The number of benzene rings is 1. The Morgan fingerprint density at radius 3 is 2.89 bits per heavy atom. The Hall–Kier alpha value is -1.69. The third kappa shape index (κ3) is 2.76. The predicted molar refractivity (Wildman–Crippen MR) is 64.9 cm³/mol. The van der Waals surface area contributed by atoms with Gasteiger partial charge < -0.3 is 10.4 Å². The smallest absolute Gasteiger partial charge is 0.292 e. The molecule has 2 N–H and O–H groups in total. The van der Waals surface area contributed by atoms with E-state index >= 15 is 0 Å². The molecular formula is C12H15FN2O3. The Morgan fingerprint density at radius 2 is 2.28 bits per heavy atom. The summed E-state index contributed by atoms with van der Waals surface area (Å²) in [6.45, 7) is 0.422. The van der Waals surface area contributed by atoms with E-state index in [1.165, 1.54) is 0 Å². The van der Waals surface area contributed by atoms with E-state index in [0.717, 1.165) is 37.5 Å². The first kappa shape index (κ1) is 12.8. The predicted octanol–water partition coefficient (Wildman–Crippen LogP) is 2.31. The van der Waals surface area contributed by atoms with E-state index in [2.05, 4.69) is 5.32 Å². The Kier molecular flexibility index (Phi) is 3.76. The van der Waals surface area contributed by atoms with Crippen LogP contribution in [0.5, 0.6) is 0 Å². The molecule has 1 aromatic rings. The summed E-state index contributed by atoms with van der Waals surface area (Å²) in [7, 11) is 0. The lowest BCUT2D eigenvalue weighted by Crippen LogP contribution is -2.22. The van der Waals surface area contributed by atoms with Crippen LogP contribution in [-0.2, 0) is 0 Å². The molecule has 1 aliphatic rings. The second kappa shape index (κ2) is 5.30. The van der Waals surface area contributed by atoms with Crippen LogP contribution in [0.3, 0.4) is 0 Å². The SMILES string of the molecule is O=[N+]([O-])c1ccc(F)cc1NCC1CCCC1O. The van der Waals surface area contributed by atoms with Crippen molar-refractivity contribution in [3.8, 4) is 0 Å². The standard InChI is InChI=1S/C12H15FN2O3/c13-9-4-5-11(15(17)18)10(6-9)14-7-8-2-1-3-12(8)16/h4-6,8,12,14,16H,1-3,7H2. The maximum absolute atomic E-state index is 13.1. The molecule has 1 aliphatic carbocycles. The van der Waals surface area contributed by atoms with Crippen LogP contribution in [0.4, 0.5) is 15.8 Å². The molecule has 6 heteroatoms. The highest BCUT2D eigenvalue weighted by Crippen LogP contribution is 2.29.